The summed E-state index contributed by atoms with van der Waals surface area (Å²) in [6.45, 7) is 2.89. The molecule has 1 heterocycles. The second kappa shape index (κ2) is 4.61. The lowest BCUT2D eigenvalue weighted by Gasteiger charge is -2.33. The topological polar surface area (TPSA) is 62.2 Å². The van der Waals surface area contributed by atoms with Crippen LogP contribution in [0.3, 0.4) is 0 Å². The minimum atomic E-state index is -0.973. The summed E-state index contributed by atoms with van der Waals surface area (Å²) in [7, 11) is 0. The molecular weight excluding hydrogens is 204 g/mol. The fraction of sp³-hybridized carbons (Fsp3) is 0.500. The zero-order chi connectivity index (χ0) is 11.5. The quantitative estimate of drug-likeness (QED) is 0.810. The molecule has 1 aromatic heterocycles. The van der Waals surface area contributed by atoms with E-state index < -0.39 is 5.97 Å². The lowest BCUT2D eigenvalue weighted by Crippen LogP contribution is -2.39. The first kappa shape index (κ1) is 11.1. The van der Waals surface area contributed by atoms with Gasteiger partial charge < -0.3 is 10.4 Å². The highest BCUT2D eigenvalue weighted by Crippen LogP contribution is 2.26. The third kappa shape index (κ3) is 2.58. The Kier molecular flexibility index (Phi) is 3.19. The largest absolute Gasteiger partial charge is 0.477 e. The van der Waals surface area contributed by atoms with Crippen molar-refractivity contribution in [1.82, 2.24) is 10.3 Å². The summed E-state index contributed by atoms with van der Waals surface area (Å²) >= 11 is 0. The Morgan fingerprint density at radius 3 is 2.94 bits per heavy atom. The van der Waals surface area contributed by atoms with Crippen molar-refractivity contribution in [3.63, 3.8) is 0 Å². The van der Waals surface area contributed by atoms with E-state index in [1.807, 2.05) is 6.07 Å². The normalized spacial score (nSPS) is 23.8. The highest BCUT2D eigenvalue weighted by molar-refractivity contribution is 5.85. The van der Waals surface area contributed by atoms with Gasteiger partial charge in [0.2, 0.25) is 0 Å². The van der Waals surface area contributed by atoms with E-state index in [1.165, 1.54) is 18.9 Å². The molecule has 0 saturated heterocycles. The van der Waals surface area contributed by atoms with Crippen LogP contribution in [0.5, 0.6) is 0 Å². The maximum atomic E-state index is 10.7. The van der Waals surface area contributed by atoms with Crippen LogP contribution in [0.2, 0.25) is 0 Å². The number of carboxylic acids is 1. The maximum absolute atomic E-state index is 10.7. The number of pyridine rings is 1. The van der Waals surface area contributed by atoms with Crippen LogP contribution in [-0.2, 0) is 6.54 Å². The first-order valence-corrected chi connectivity index (χ1v) is 5.58. The van der Waals surface area contributed by atoms with Gasteiger partial charge in [0.1, 0.15) is 5.69 Å². The standard InChI is InChI=1S/C12H16N2O2/c1-8-5-10(6-8)13-7-9-3-2-4-11(14-9)12(15)16/h2-4,8,10,13H,5-7H2,1H3,(H,15,16). The van der Waals surface area contributed by atoms with Crippen LogP contribution in [0.25, 0.3) is 0 Å². The van der Waals surface area contributed by atoms with Gasteiger partial charge in [-0.1, -0.05) is 13.0 Å². The Hall–Kier alpha value is -1.42. The van der Waals surface area contributed by atoms with Gasteiger partial charge in [0, 0.05) is 12.6 Å². The molecule has 1 aliphatic carbocycles. The number of carboxylic acid groups (broad SMARTS) is 1. The Bertz CT molecular complexity index is 386. The Morgan fingerprint density at radius 1 is 1.56 bits per heavy atom. The minimum absolute atomic E-state index is 0.112. The van der Waals surface area contributed by atoms with Crippen LogP contribution >= 0.6 is 0 Å². The molecule has 0 aromatic carbocycles. The van der Waals surface area contributed by atoms with Crippen molar-refractivity contribution < 1.29 is 9.90 Å². The van der Waals surface area contributed by atoms with E-state index in [9.17, 15) is 4.79 Å². The van der Waals surface area contributed by atoms with Crippen LogP contribution in [0.1, 0.15) is 35.9 Å². The van der Waals surface area contributed by atoms with Gasteiger partial charge in [-0.05, 0) is 30.9 Å². The summed E-state index contributed by atoms with van der Waals surface area (Å²) in [6.07, 6.45) is 2.41. The monoisotopic (exact) mass is 220 g/mol. The first-order chi connectivity index (χ1) is 7.65. The molecule has 16 heavy (non-hydrogen) atoms. The zero-order valence-corrected chi connectivity index (χ0v) is 9.31. The van der Waals surface area contributed by atoms with E-state index in [0.717, 1.165) is 11.6 Å². The second-order valence-corrected chi connectivity index (χ2v) is 4.47. The number of nitrogens with zero attached hydrogens (tertiary/aromatic N) is 1. The molecule has 1 aromatic rings. The van der Waals surface area contributed by atoms with Crippen LogP contribution in [-0.4, -0.2) is 22.1 Å². The molecule has 4 nitrogen and oxygen atoms in total. The van der Waals surface area contributed by atoms with E-state index in [2.05, 4.69) is 17.2 Å². The second-order valence-electron chi connectivity index (χ2n) is 4.47. The molecule has 0 amide bonds. The van der Waals surface area contributed by atoms with E-state index in [1.54, 1.807) is 6.07 Å². The minimum Gasteiger partial charge on any atom is -0.477 e. The molecule has 0 atom stereocenters. The van der Waals surface area contributed by atoms with E-state index in [4.69, 9.17) is 5.11 Å². The van der Waals surface area contributed by atoms with Crippen molar-refractivity contribution in [3.8, 4) is 0 Å². The molecule has 0 radical (unpaired) electrons. The molecule has 86 valence electrons. The van der Waals surface area contributed by atoms with Gasteiger partial charge in [-0.25, -0.2) is 9.78 Å². The van der Waals surface area contributed by atoms with E-state index in [-0.39, 0.29) is 5.69 Å². The van der Waals surface area contributed by atoms with Crippen LogP contribution in [0, 0.1) is 5.92 Å². The van der Waals surface area contributed by atoms with Gasteiger partial charge in [-0.3, -0.25) is 0 Å². The summed E-state index contributed by atoms with van der Waals surface area (Å²) < 4.78 is 0. The van der Waals surface area contributed by atoms with Gasteiger partial charge in [-0.15, -0.1) is 0 Å². The average Bonchev–Trinajstić information content (AvgIpc) is 2.23. The van der Waals surface area contributed by atoms with Crippen molar-refractivity contribution in [2.75, 3.05) is 0 Å². The van der Waals surface area contributed by atoms with Crippen molar-refractivity contribution in [1.29, 1.82) is 0 Å². The summed E-state index contributed by atoms with van der Waals surface area (Å²) in [4.78, 5) is 14.8. The molecule has 2 N–H and O–H groups in total. The van der Waals surface area contributed by atoms with Gasteiger partial charge >= 0.3 is 5.97 Å². The Labute approximate surface area is 94.7 Å². The highest BCUT2D eigenvalue weighted by atomic mass is 16.4. The van der Waals surface area contributed by atoms with E-state index in [0.29, 0.717) is 12.6 Å². The number of rotatable bonds is 4. The highest BCUT2D eigenvalue weighted by Gasteiger charge is 2.24. The average molecular weight is 220 g/mol. The number of nitrogens with one attached hydrogen (secondary N) is 1. The van der Waals surface area contributed by atoms with Gasteiger partial charge in [0.05, 0.1) is 5.69 Å². The van der Waals surface area contributed by atoms with Crippen LogP contribution in [0.4, 0.5) is 0 Å². The lowest BCUT2D eigenvalue weighted by atomic mass is 9.82. The van der Waals surface area contributed by atoms with Crippen molar-refractivity contribution in [3.05, 3.63) is 29.6 Å². The molecule has 1 fully saturated rings. The number of hydrogen-bond donors (Lipinski definition) is 2. The third-order valence-electron chi connectivity index (χ3n) is 2.97. The number of aromatic nitrogens is 1. The summed E-state index contributed by atoms with van der Waals surface area (Å²) in [5, 5.41) is 12.2. The molecule has 0 spiro atoms. The molecule has 1 aliphatic rings. The van der Waals surface area contributed by atoms with Gasteiger partial charge in [0.15, 0.2) is 0 Å². The Morgan fingerprint density at radius 2 is 2.31 bits per heavy atom. The molecule has 2 rings (SSSR count). The summed E-state index contributed by atoms with van der Waals surface area (Å²) in [5.74, 6) is -0.157. The molecule has 0 aliphatic heterocycles. The summed E-state index contributed by atoms with van der Waals surface area (Å²) in [6, 6.07) is 5.67. The molecule has 0 unspecified atom stereocenters. The zero-order valence-electron chi connectivity index (χ0n) is 9.31. The number of aromatic carboxylic acids is 1. The Balaban J connectivity index is 1.89. The molecular formula is C12H16N2O2. The third-order valence-corrected chi connectivity index (χ3v) is 2.97. The predicted octanol–water partition coefficient (Wildman–Crippen LogP) is 1.67. The van der Waals surface area contributed by atoms with Crippen molar-refractivity contribution in [2.24, 2.45) is 5.92 Å². The molecule has 4 heteroatoms. The van der Waals surface area contributed by atoms with Crippen molar-refractivity contribution in [2.45, 2.75) is 32.4 Å². The number of hydrogen-bond acceptors (Lipinski definition) is 3. The SMILES string of the molecule is CC1CC(NCc2cccc(C(=O)O)n2)C1. The van der Waals surface area contributed by atoms with Crippen LogP contribution < -0.4 is 5.32 Å². The van der Waals surface area contributed by atoms with Crippen molar-refractivity contribution >= 4 is 5.97 Å². The van der Waals surface area contributed by atoms with Crippen LogP contribution in [0.15, 0.2) is 18.2 Å². The van der Waals surface area contributed by atoms with Gasteiger partial charge in [-0.2, -0.15) is 0 Å². The fourth-order valence-electron chi connectivity index (χ4n) is 2.02. The number of carbonyl (C=O) groups is 1. The van der Waals surface area contributed by atoms with Gasteiger partial charge in [0.25, 0.3) is 0 Å². The molecule has 0 bridgehead atoms. The predicted molar refractivity (Wildman–Crippen MR) is 60.2 cm³/mol. The smallest absolute Gasteiger partial charge is 0.354 e. The lowest BCUT2D eigenvalue weighted by molar-refractivity contribution is 0.0690. The van der Waals surface area contributed by atoms with E-state index >= 15 is 0 Å². The first-order valence-electron chi connectivity index (χ1n) is 5.58. The fourth-order valence-corrected chi connectivity index (χ4v) is 2.02. The summed E-state index contributed by atoms with van der Waals surface area (Å²) in [5.41, 5.74) is 0.903. The molecule has 1 saturated carbocycles. The maximum Gasteiger partial charge on any atom is 0.354 e.